The van der Waals surface area contributed by atoms with Crippen molar-refractivity contribution in [1.82, 2.24) is 5.32 Å². The lowest BCUT2D eigenvalue weighted by Gasteiger charge is -2.29. The second-order valence-corrected chi connectivity index (χ2v) is 8.10. The van der Waals surface area contributed by atoms with Gasteiger partial charge in [-0.25, -0.2) is 4.98 Å². The van der Waals surface area contributed by atoms with Gasteiger partial charge in [-0.15, -0.1) is 0 Å². The molecule has 1 aromatic heterocycles. The molecule has 3 rings (SSSR count). The van der Waals surface area contributed by atoms with E-state index in [1.807, 2.05) is 35.2 Å². The van der Waals surface area contributed by atoms with Gasteiger partial charge in [-0.05, 0) is 24.5 Å². The van der Waals surface area contributed by atoms with Crippen molar-refractivity contribution in [1.29, 1.82) is 0 Å². The second-order valence-electron chi connectivity index (χ2n) is 8.10. The number of aromatic nitrogens is 1. The van der Waals surface area contributed by atoms with Crippen LogP contribution in [0.5, 0.6) is 0 Å². The smallest absolute Gasteiger partial charge is 0.343 e. The van der Waals surface area contributed by atoms with Gasteiger partial charge in [0, 0.05) is 12.0 Å². The summed E-state index contributed by atoms with van der Waals surface area (Å²) in [5, 5.41) is 3.20. The maximum absolute atomic E-state index is 12.9. The molecule has 162 valence electrons. The summed E-state index contributed by atoms with van der Waals surface area (Å²) in [4.78, 5) is 18.9. The molecule has 0 unspecified atom stereocenters. The fourth-order valence-electron chi connectivity index (χ4n) is 3.81. The molecule has 8 heteroatoms. The summed E-state index contributed by atoms with van der Waals surface area (Å²) in [5.41, 5.74) is 0.388. The van der Waals surface area contributed by atoms with Crippen molar-refractivity contribution in [3.05, 3.63) is 59.8 Å². The summed E-state index contributed by atoms with van der Waals surface area (Å²) >= 11 is 0. The number of carbonyl (C=O) groups is 1. The molecule has 1 aromatic carbocycles. The summed E-state index contributed by atoms with van der Waals surface area (Å²) in [7, 11) is 4.11. The monoisotopic (exact) mass is 422 g/mol. The molecule has 1 fully saturated rings. The van der Waals surface area contributed by atoms with E-state index >= 15 is 0 Å². The molecule has 1 amide bonds. The minimum atomic E-state index is -4.36. The zero-order chi connectivity index (χ0) is 21.7. The van der Waals surface area contributed by atoms with Crippen LogP contribution in [-0.2, 0) is 11.0 Å². The fraction of sp³-hybridized carbons (Fsp3) is 0.455. The van der Waals surface area contributed by atoms with Gasteiger partial charge in [0.05, 0.1) is 32.7 Å². The normalized spacial score (nSPS) is 16.5. The third-order valence-electron chi connectivity index (χ3n) is 5.46. The number of halogens is 3. The lowest BCUT2D eigenvalue weighted by molar-refractivity contribution is -0.860. The van der Waals surface area contributed by atoms with Crippen molar-refractivity contribution in [3.63, 3.8) is 0 Å². The number of carbonyl (C=O) groups excluding carboxylic acids is 1. The summed E-state index contributed by atoms with van der Waals surface area (Å²) in [6.45, 7) is 2.03. The number of pyridine rings is 1. The SMILES string of the molecule is C[NH+](C)C[C@H](NC(=O)C1CCN(c2ccc(C(F)(F)F)c[nH+]2)CC1)c1ccccc1. The number of benzene rings is 1. The van der Waals surface area contributed by atoms with E-state index in [4.69, 9.17) is 0 Å². The third-order valence-corrected chi connectivity index (χ3v) is 5.46. The molecular formula is C22H29F3N4O+2. The highest BCUT2D eigenvalue weighted by Gasteiger charge is 2.34. The molecule has 1 saturated heterocycles. The van der Waals surface area contributed by atoms with Gasteiger partial charge in [0.15, 0.2) is 0 Å². The Kier molecular flexibility index (Phi) is 6.97. The molecule has 1 aliphatic rings. The maximum Gasteiger partial charge on any atom is 0.419 e. The number of piperidine rings is 1. The molecule has 2 aromatic rings. The van der Waals surface area contributed by atoms with Crippen LogP contribution in [0.1, 0.15) is 30.0 Å². The van der Waals surface area contributed by atoms with Crippen LogP contribution >= 0.6 is 0 Å². The number of hydrogen-bond donors (Lipinski definition) is 2. The largest absolute Gasteiger partial charge is 0.419 e. The van der Waals surface area contributed by atoms with Crippen LogP contribution in [-0.4, -0.2) is 39.6 Å². The maximum atomic E-state index is 12.9. The van der Waals surface area contributed by atoms with E-state index in [-0.39, 0.29) is 17.9 Å². The zero-order valence-electron chi connectivity index (χ0n) is 17.3. The number of nitrogens with zero attached hydrogens (tertiary/aromatic N) is 1. The van der Waals surface area contributed by atoms with Gasteiger partial charge >= 0.3 is 6.18 Å². The van der Waals surface area contributed by atoms with Crippen molar-refractivity contribution >= 4 is 11.7 Å². The average Bonchev–Trinajstić information content (AvgIpc) is 2.73. The highest BCUT2D eigenvalue weighted by molar-refractivity contribution is 5.79. The molecule has 2 heterocycles. The Morgan fingerprint density at radius 2 is 1.83 bits per heavy atom. The first-order chi connectivity index (χ1) is 14.2. The van der Waals surface area contributed by atoms with Crippen LogP contribution in [0.2, 0.25) is 0 Å². The third kappa shape index (κ3) is 5.72. The molecule has 0 bridgehead atoms. The molecule has 0 aliphatic carbocycles. The highest BCUT2D eigenvalue weighted by atomic mass is 19.4. The Balaban J connectivity index is 1.58. The van der Waals surface area contributed by atoms with E-state index in [0.29, 0.717) is 31.7 Å². The van der Waals surface area contributed by atoms with Gasteiger partial charge in [0.2, 0.25) is 5.91 Å². The van der Waals surface area contributed by atoms with Crippen LogP contribution in [0.4, 0.5) is 19.0 Å². The predicted octanol–water partition coefficient (Wildman–Crippen LogP) is 1.74. The van der Waals surface area contributed by atoms with Crippen LogP contribution in [0.3, 0.4) is 0 Å². The van der Waals surface area contributed by atoms with Gasteiger partial charge in [0.1, 0.15) is 18.8 Å². The van der Waals surface area contributed by atoms with Gasteiger partial charge in [-0.3, -0.25) is 9.69 Å². The van der Waals surface area contributed by atoms with E-state index in [2.05, 4.69) is 24.4 Å². The minimum absolute atomic E-state index is 0.0427. The molecule has 3 N–H and O–H groups in total. The predicted molar refractivity (Wildman–Crippen MR) is 108 cm³/mol. The molecule has 1 aliphatic heterocycles. The van der Waals surface area contributed by atoms with Gasteiger partial charge < -0.3 is 10.2 Å². The minimum Gasteiger partial charge on any atom is -0.343 e. The number of rotatable bonds is 6. The van der Waals surface area contributed by atoms with Crippen LogP contribution < -0.4 is 20.1 Å². The molecule has 30 heavy (non-hydrogen) atoms. The first-order valence-electron chi connectivity index (χ1n) is 10.2. The summed E-state index contributed by atoms with van der Waals surface area (Å²) in [6.07, 6.45) is -2.04. The second kappa shape index (κ2) is 9.47. The number of likely N-dealkylation sites (N-methyl/N-ethyl adjacent to an activating group) is 1. The van der Waals surface area contributed by atoms with Gasteiger partial charge in [-0.1, -0.05) is 30.3 Å². The molecule has 1 atom stereocenters. The van der Waals surface area contributed by atoms with Crippen LogP contribution in [0.25, 0.3) is 0 Å². The van der Waals surface area contributed by atoms with Crippen molar-refractivity contribution in [3.8, 4) is 0 Å². The number of hydrogen-bond acceptors (Lipinski definition) is 2. The number of H-pyrrole nitrogens is 1. The summed E-state index contributed by atoms with van der Waals surface area (Å²) in [6, 6.07) is 12.4. The van der Waals surface area contributed by atoms with Gasteiger partial charge in [-0.2, -0.15) is 13.2 Å². The summed E-state index contributed by atoms with van der Waals surface area (Å²) in [5.74, 6) is 0.584. The highest BCUT2D eigenvalue weighted by Crippen LogP contribution is 2.29. The van der Waals surface area contributed by atoms with Crippen molar-refractivity contribution < 1.29 is 27.8 Å². The molecule has 0 spiro atoms. The van der Waals surface area contributed by atoms with Crippen molar-refractivity contribution in [2.24, 2.45) is 5.92 Å². The first-order valence-corrected chi connectivity index (χ1v) is 10.2. The molecule has 5 nitrogen and oxygen atoms in total. The van der Waals surface area contributed by atoms with E-state index < -0.39 is 11.7 Å². The summed E-state index contributed by atoms with van der Waals surface area (Å²) < 4.78 is 38.2. The number of nitrogens with one attached hydrogen (secondary N) is 3. The Labute approximate surface area is 174 Å². The number of quaternary nitrogens is 1. The van der Waals surface area contributed by atoms with Crippen molar-refractivity contribution in [2.45, 2.75) is 25.1 Å². The first kappa shape index (κ1) is 22.1. The Hall–Kier alpha value is -2.61. The van der Waals surface area contributed by atoms with E-state index in [9.17, 15) is 18.0 Å². The Morgan fingerprint density at radius 1 is 1.17 bits per heavy atom. The number of anilines is 1. The zero-order valence-corrected chi connectivity index (χ0v) is 17.3. The topological polar surface area (TPSA) is 50.9 Å². The van der Waals surface area contributed by atoms with Crippen LogP contribution in [0.15, 0.2) is 48.7 Å². The average molecular weight is 422 g/mol. The van der Waals surface area contributed by atoms with Crippen molar-refractivity contribution in [2.75, 3.05) is 38.6 Å². The van der Waals surface area contributed by atoms with E-state index in [1.54, 1.807) is 0 Å². The number of alkyl halides is 3. The van der Waals surface area contributed by atoms with E-state index in [0.717, 1.165) is 24.4 Å². The standard InChI is InChI=1S/C22H27F3N4O/c1-28(2)15-19(16-6-4-3-5-7-16)27-21(30)17-10-12-29(13-11-17)20-9-8-18(14-26-20)22(23,24)25/h3-9,14,17,19H,10-13,15H2,1-2H3,(H,27,30)/p+2/t19-/m0/s1. The van der Waals surface area contributed by atoms with Crippen LogP contribution in [0, 0.1) is 5.92 Å². The quantitative estimate of drug-likeness (QED) is 0.745. The Morgan fingerprint density at radius 3 is 2.37 bits per heavy atom. The van der Waals surface area contributed by atoms with Gasteiger partial charge in [0.25, 0.3) is 5.82 Å². The van der Waals surface area contributed by atoms with E-state index in [1.165, 1.54) is 11.0 Å². The lowest BCUT2D eigenvalue weighted by Crippen LogP contribution is -3.06. The lowest BCUT2D eigenvalue weighted by atomic mass is 9.95. The molecule has 0 saturated carbocycles. The number of aromatic amines is 1. The molecule has 0 radical (unpaired) electrons. The Bertz CT molecular complexity index is 817. The fourth-order valence-corrected chi connectivity index (χ4v) is 3.81. The number of amides is 1. The molecular weight excluding hydrogens is 393 g/mol.